The minimum atomic E-state index is 0.0657. The van der Waals surface area contributed by atoms with Gasteiger partial charge in [0.05, 0.1) is 5.56 Å². The molecule has 0 aromatic heterocycles. The summed E-state index contributed by atoms with van der Waals surface area (Å²) in [4.78, 5) is 0. The Morgan fingerprint density at radius 2 is 1.77 bits per heavy atom. The van der Waals surface area contributed by atoms with Gasteiger partial charge in [-0.1, -0.05) is 41.1 Å². The number of benzene rings is 2. The number of nitrogens with two attached hydrogens (primary N) is 1. The minimum Gasteiger partial charge on any atom is -0.455 e. The van der Waals surface area contributed by atoms with Crippen molar-refractivity contribution in [2.75, 3.05) is 0 Å². The Morgan fingerprint density at radius 3 is 2.54 bits per heavy atom. The maximum absolute atomic E-state index is 9.16. The van der Waals surface area contributed by atoms with Crippen LogP contribution in [0.1, 0.15) is 42.4 Å². The van der Waals surface area contributed by atoms with Crippen LogP contribution in [0.25, 0.3) is 5.57 Å². The molecule has 0 saturated carbocycles. The average Bonchev–Trinajstić information content (AvgIpc) is 3.02. The van der Waals surface area contributed by atoms with Gasteiger partial charge < -0.3 is 21.0 Å². The molecule has 2 aromatic carbocycles. The SMILES string of the molecule is NC(=NO)c1cccc2c1Oc1ccccc1C2=C1C[C@H]2CC[C@@H](C1)N2. The molecule has 3 aliphatic heterocycles. The zero-order chi connectivity index (χ0) is 17.7. The molecule has 0 aliphatic carbocycles. The molecule has 5 heteroatoms. The molecule has 2 fully saturated rings. The summed E-state index contributed by atoms with van der Waals surface area (Å²) < 4.78 is 6.20. The molecule has 2 bridgehead atoms. The number of piperidine rings is 1. The second-order valence-corrected chi connectivity index (χ2v) is 7.29. The Balaban J connectivity index is 1.76. The first-order chi connectivity index (χ1) is 12.7. The molecular formula is C21H21N3O2. The third kappa shape index (κ3) is 2.31. The first-order valence-electron chi connectivity index (χ1n) is 9.11. The Bertz CT molecular complexity index is 934. The first kappa shape index (κ1) is 15.5. The van der Waals surface area contributed by atoms with Crippen molar-refractivity contribution < 1.29 is 9.94 Å². The van der Waals surface area contributed by atoms with Gasteiger partial charge in [0.1, 0.15) is 11.5 Å². The first-order valence-corrected chi connectivity index (χ1v) is 9.11. The van der Waals surface area contributed by atoms with Crippen molar-refractivity contribution in [3.63, 3.8) is 0 Å². The number of nitrogens with zero attached hydrogens (tertiary/aromatic N) is 1. The Kier molecular flexibility index (Phi) is 3.50. The van der Waals surface area contributed by atoms with Crippen LogP contribution >= 0.6 is 0 Å². The molecule has 132 valence electrons. The summed E-state index contributed by atoms with van der Waals surface area (Å²) in [7, 11) is 0. The van der Waals surface area contributed by atoms with E-state index in [1.54, 1.807) is 0 Å². The normalized spacial score (nSPS) is 26.8. The molecule has 26 heavy (non-hydrogen) atoms. The topological polar surface area (TPSA) is 79.9 Å². The fourth-order valence-electron chi connectivity index (χ4n) is 4.60. The number of fused-ring (bicyclic) bond motifs is 4. The van der Waals surface area contributed by atoms with Gasteiger partial charge in [0.15, 0.2) is 5.84 Å². The summed E-state index contributed by atoms with van der Waals surface area (Å²) in [6.45, 7) is 0. The highest BCUT2D eigenvalue weighted by Crippen LogP contribution is 2.48. The summed E-state index contributed by atoms with van der Waals surface area (Å²) in [5.41, 5.74) is 11.4. The van der Waals surface area contributed by atoms with Crippen molar-refractivity contribution in [3.05, 3.63) is 64.7 Å². The molecule has 0 amide bonds. The van der Waals surface area contributed by atoms with Crippen LogP contribution < -0.4 is 15.8 Å². The summed E-state index contributed by atoms with van der Waals surface area (Å²) in [6.07, 6.45) is 4.62. The van der Waals surface area contributed by atoms with Crippen LogP contribution in [-0.2, 0) is 0 Å². The van der Waals surface area contributed by atoms with Crippen LogP contribution in [0.5, 0.6) is 11.5 Å². The maximum Gasteiger partial charge on any atom is 0.173 e. The second kappa shape index (κ2) is 5.88. The molecule has 2 aromatic rings. The van der Waals surface area contributed by atoms with E-state index in [0.717, 1.165) is 29.7 Å². The standard InChI is InChI=1S/C21H21N3O2/c22-21(24-25)17-6-3-5-16-19(12-10-13-8-9-14(11-12)23-13)15-4-1-2-7-18(15)26-20(16)17/h1-7,13-14,23,25H,8-11H2,(H2,22,24)/t13-,14+. The molecule has 2 saturated heterocycles. The Hall–Kier alpha value is -2.79. The van der Waals surface area contributed by atoms with E-state index < -0.39 is 0 Å². The highest BCUT2D eigenvalue weighted by atomic mass is 16.5. The van der Waals surface area contributed by atoms with Crippen molar-refractivity contribution in [2.45, 2.75) is 37.8 Å². The average molecular weight is 347 g/mol. The van der Waals surface area contributed by atoms with E-state index in [9.17, 15) is 0 Å². The van der Waals surface area contributed by atoms with Crippen molar-refractivity contribution in [2.24, 2.45) is 10.9 Å². The minimum absolute atomic E-state index is 0.0657. The third-order valence-electron chi connectivity index (χ3n) is 5.71. The molecule has 3 aliphatic rings. The number of rotatable bonds is 1. The third-order valence-corrected chi connectivity index (χ3v) is 5.71. The lowest BCUT2D eigenvalue weighted by Gasteiger charge is -2.31. The van der Waals surface area contributed by atoms with Gasteiger partial charge in [-0.2, -0.15) is 0 Å². The number of hydrogen-bond donors (Lipinski definition) is 3. The van der Waals surface area contributed by atoms with Gasteiger partial charge in [0, 0.05) is 23.2 Å². The fraction of sp³-hybridized carbons (Fsp3) is 0.286. The van der Waals surface area contributed by atoms with Gasteiger partial charge in [-0.15, -0.1) is 0 Å². The van der Waals surface area contributed by atoms with Crippen molar-refractivity contribution >= 4 is 11.4 Å². The number of ether oxygens (including phenoxy) is 1. The lowest BCUT2D eigenvalue weighted by molar-refractivity contribution is 0.318. The smallest absolute Gasteiger partial charge is 0.173 e. The largest absolute Gasteiger partial charge is 0.455 e. The van der Waals surface area contributed by atoms with E-state index in [0.29, 0.717) is 23.4 Å². The molecule has 3 heterocycles. The lowest BCUT2D eigenvalue weighted by Crippen LogP contribution is -2.35. The number of nitrogens with one attached hydrogen (secondary N) is 1. The second-order valence-electron chi connectivity index (χ2n) is 7.29. The van der Waals surface area contributed by atoms with E-state index in [1.807, 2.05) is 24.3 Å². The van der Waals surface area contributed by atoms with Gasteiger partial charge in [0.25, 0.3) is 0 Å². The van der Waals surface area contributed by atoms with Crippen molar-refractivity contribution in [3.8, 4) is 11.5 Å². The van der Waals surface area contributed by atoms with Gasteiger partial charge in [0.2, 0.25) is 0 Å². The van der Waals surface area contributed by atoms with Crippen LogP contribution in [0.2, 0.25) is 0 Å². The van der Waals surface area contributed by atoms with Crippen LogP contribution in [-0.4, -0.2) is 23.1 Å². The number of para-hydroxylation sites is 2. The predicted molar refractivity (Wildman–Crippen MR) is 101 cm³/mol. The van der Waals surface area contributed by atoms with E-state index in [-0.39, 0.29) is 5.84 Å². The highest BCUT2D eigenvalue weighted by molar-refractivity contribution is 6.03. The van der Waals surface area contributed by atoms with Crippen molar-refractivity contribution in [1.82, 2.24) is 5.32 Å². The fourth-order valence-corrected chi connectivity index (χ4v) is 4.60. The van der Waals surface area contributed by atoms with Gasteiger partial charge in [-0.25, -0.2) is 0 Å². The van der Waals surface area contributed by atoms with Gasteiger partial charge in [-0.3, -0.25) is 0 Å². The van der Waals surface area contributed by atoms with Crippen LogP contribution in [0, 0.1) is 0 Å². The summed E-state index contributed by atoms with van der Waals surface area (Å²) in [5, 5.41) is 16.1. The monoisotopic (exact) mass is 347 g/mol. The van der Waals surface area contributed by atoms with Gasteiger partial charge >= 0.3 is 0 Å². The maximum atomic E-state index is 9.16. The lowest BCUT2D eigenvalue weighted by atomic mass is 9.84. The summed E-state index contributed by atoms with van der Waals surface area (Å²) in [5.74, 6) is 1.57. The van der Waals surface area contributed by atoms with Gasteiger partial charge in [-0.05, 0) is 43.4 Å². The molecule has 0 unspecified atom stereocenters. The number of amidine groups is 1. The highest BCUT2D eigenvalue weighted by Gasteiger charge is 2.34. The summed E-state index contributed by atoms with van der Waals surface area (Å²) in [6, 6.07) is 15.1. The van der Waals surface area contributed by atoms with Crippen LogP contribution in [0.3, 0.4) is 0 Å². The quantitative estimate of drug-likeness (QED) is 0.272. The molecular weight excluding hydrogens is 326 g/mol. The van der Waals surface area contributed by atoms with Crippen molar-refractivity contribution in [1.29, 1.82) is 0 Å². The van der Waals surface area contributed by atoms with E-state index in [4.69, 9.17) is 15.7 Å². The van der Waals surface area contributed by atoms with E-state index >= 15 is 0 Å². The predicted octanol–water partition coefficient (Wildman–Crippen LogP) is 3.60. The van der Waals surface area contributed by atoms with E-state index in [1.165, 1.54) is 24.0 Å². The zero-order valence-electron chi connectivity index (χ0n) is 14.4. The molecule has 0 radical (unpaired) electrons. The van der Waals surface area contributed by atoms with E-state index in [2.05, 4.69) is 28.7 Å². The number of oxime groups is 1. The zero-order valence-corrected chi connectivity index (χ0v) is 14.4. The molecule has 0 spiro atoms. The van der Waals surface area contributed by atoms with Crippen LogP contribution in [0.15, 0.2) is 53.2 Å². The molecule has 2 atom stereocenters. The number of hydrogen-bond acceptors (Lipinski definition) is 4. The molecule has 5 nitrogen and oxygen atoms in total. The Labute approximate surface area is 152 Å². The Morgan fingerprint density at radius 1 is 1.04 bits per heavy atom. The summed E-state index contributed by atoms with van der Waals surface area (Å²) >= 11 is 0. The van der Waals surface area contributed by atoms with Crippen LogP contribution in [0.4, 0.5) is 0 Å². The molecule has 5 rings (SSSR count). The molecule has 4 N–H and O–H groups in total.